The molecule has 0 aliphatic carbocycles. The second kappa shape index (κ2) is 10.2. The fourth-order valence-corrected chi connectivity index (χ4v) is 3.19. The SMILES string of the molecule is CCCCN(Cc1cccn1Cc1ccccc1)C(=O)Nc1ccc([N+](=O)[O-])cc1. The van der Waals surface area contributed by atoms with Crippen molar-refractivity contribution in [3.05, 3.63) is 94.3 Å². The van der Waals surface area contributed by atoms with Crippen molar-refractivity contribution in [2.45, 2.75) is 32.9 Å². The van der Waals surface area contributed by atoms with Crippen LogP contribution in [-0.2, 0) is 13.1 Å². The summed E-state index contributed by atoms with van der Waals surface area (Å²) in [6.07, 6.45) is 3.90. The number of urea groups is 1. The molecule has 0 aliphatic heterocycles. The summed E-state index contributed by atoms with van der Waals surface area (Å²) in [5, 5.41) is 13.7. The minimum atomic E-state index is -0.458. The number of nitro groups is 1. The van der Waals surface area contributed by atoms with Crippen molar-refractivity contribution in [2.24, 2.45) is 0 Å². The molecule has 0 saturated carbocycles. The summed E-state index contributed by atoms with van der Waals surface area (Å²) >= 11 is 0. The average Bonchev–Trinajstić information content (AvgIpc) is 3.18. The van der Waals surface area contributed by atoms with E-state index >= 15 is 0 Å². The maximum absolute atomic E-state index is 12.9. The first-order chi connectivity index (χ1) is 14.6. The highest BCUT2D eigenvalue weighted by Crippen LogP contribution is 2.17. The van der Waals surface area contributed by atoms with Gasteiger partial charge in [0, 0.05) is 42.8 Å². The molecule has 7 nitrogen and oxygen atoms in total. The van der Waals surface area contributed by atoms with Crippen molar-refractivity contribution in [2.75, 3.05) is 11.9 Å². The molecule has 0 unspecified atom stereocenters. The number of hydrogen-bond acceptors (Lipinski definition) is 3. The lowest BCUT2D eigenvalue weighted by atomic mass is 10.2. The number of nitrogens with one attached hydrogen (secondary N) is 1. The Morgan fingerprint density at radius 1 is 1.07 bits per heavy atom. The van der Waals surface area contributed by atoms with Gasteiger partial charge in [0.25, 0.3) is 5.69 Å². The molecule has 0 aliphatic rings. The molecular weight excluding hydrogens is 380 g/mol. The number of anilines is 1. The average molecular weight is 406 g/mol. The van der Waals surface area contributed by atoms with E-state index in [4.69, 9.17) is 0 Å². The summed E-state index contributed by atoms with van der Waals surface area (Å²) < 4.78 is 2.15. The fourth-order valence-electron chi connectivity index (χ4n) is 3.19. The summed E-state index contributed by atoms with van der Waals surface area (Å²) in [5.41, 5.74) is 2.78. The zero-order valence-corrected chi connectivity index (χ0v) is 17.0. The maximum atomic E-state index is 12.9. The Morgan fingerprint density at radius 2 is 1.80 bits per heavy atom. The Morgan fingerprint density at radius 3 is 2.47 bits per heavy atom. The van der Waals surface area contributed by atoms with Crippen LogP contribution < -0.4 is 5.32 Å². The molecule has 0 radical (unpaired) electrons. The molecule has 3 rings (SSSR count). The number of non-ortho nitro benzene ring substituents is 1. The molecule has 0 fully saturated rings. The smallest absolute Gasteiger partial charge is 0.322 e. The highest BCUT2D eigenvalue weighted by atomic mass is 16.6. The standard InChI is InChI=1S/C23H26N4O3/c1-2-3-15-26(23(28)24-20-11-13-21(14-12-20)27(29)30)18-22-10-7-16-25(22)17-19-8-5-4-6-9-19/h4-14,16H,2-3,15,17-18H2,1H3,(H,24,28). The Labute approximate surface area is 176 Å². The van der Waals surface area contributed by atoms with E-state index < -0.39 is 4.92 Å². The Balaban J connectivity index is 1.70. The van der Waals surface area contributed by atoms with Crippen LogP contribution in [0.3, 0.4) is 0 Å². The largest absolute Gasteiger partial charge is 0.345 e. The zero-order chi connectivity index (χ0) is 21.3. The molecule has 30 heavy (non-hydrogen) atoms. The fraction of sp³-hybridized carbons (Fsp3) is 0.261. The van der Waals surface area contributed by atoms with Crippen molar-refractivity contribution in [3.8, 4) is 0 Å². The first-order valence-corrected chi connectivity index (χ1v) is 10.0. The number of nitrogens with zero attached hydrogens (tertiary/aromatic N) is 3. The Hall–Kier alpha value is -3.61. The van der Waals surface area contributed by atoms with E-state index in [1.165, 1.54) is 17.7 Å². The molecule has 2 amide bonds. The molecule has 0 saturated heterocycles. The van der Waals surface area contributed by atoms with Gasteiger partial charge >= 0.3 is 6.03 Å². The first-order valence-electron chi connectivity index (χ1n) is 10.0. The van der Waals surface area contributed by atoms with E-state index in [0.717, 1.165) is 25.1 Å². The molecule has 1 aromatic heterocycles. The number of nitro benzene ring substituents is 1. The van der Waals surface area contributed by atoms with Crippen molar-refractivity contribution in [3.63, 3.8) is 0 Å². The molecule has 1 heterocycles. The van der Waals surface area contributed by atoms with E-state index in [9.17, 15) is 14.9 Å². The lowest BCUT2D eigenvalue weighted by Gasteiger charge is -2.24. The third-order valence-corrected chi connectivity index (χ3v) is 4.87. The number of unbranched alkanes of at least 4 members (excludes halogenated alkanes) is 1. The third-order valence-electron chi connectivity index (χ3n) is 4.87. The van der Waals surface area contributed by atoms with Crippen LogP contribution in [0.25, 0.3) is 0 Å². The van der Waals surface area contributed by atoms with Gasteiger partial charge in [0.2, 0.25) is 0 Å². The summed E-state index contributed by atoms with van der Waals surface area (Å²) in [6, 6.07) is 19.9. The summed E-state index contributed by atoms with van der Waals surface area (Å²) in [6.45, 7) is 3.95. The molecule has 0 spiro atoms. The molecule has 0 bridgehead atoms. The minimum absolute atomic E-state index is 0.00502. The van der Waals surface area contributed by atoms with Gasteiger partial charge < -0.3 is 14.8 Å². The zero-order valence-electron chi connectivity index (χ0n) is 17.0. The van der Waals surface area contributed by atoms with Gasteiger partial charge in [0.05, 0.1) is 11.5 Å². The van der Waals surface area contributed by atoms with Crippen LogP contribution in [0.15, 0.2) is 72.9 Å². The molecule has 0 atom stereocenters. The van der Waals surface area contributed by atoms with Crippen LogP contribution in [0.4, 0.5) is 16.2 Å². The van der Waals surface area contributed by atoms with E-state index in [0.29, 0.717) is 18.8 Å². The van der Waals surface area contributed by atoms with Gasteiger partial charge in [-0.1, -0.05) is 43.7 Å². The van der Waals surface area contributed by atoms with Crippen molar-refractivity contribution in [1.29, 1.82) is 0 Å². The van der Waals surface area contributed by atoms with Crippen LogP contribution in [0.5, 0.6) is 0 Å². The van der Waals surface area contributed by atoms with E-state index in [-0.39, 0.29) is 11.7 Å². The minimum Gasteiger partial charge on any atom is -0.345 e. The predicted molar refractivity (Wildman–Crippen MR) is 117 cm³/mol. The van der Waals surface area contributed by atoms with Crippen LogP contribution in [0.2, 0.25) is 0 Å². The van der Waals surface area contributed by atoms with Gasteiger partial charge in [-0.05, 0) is 36.2 Å². The number of hydrogen-bond donors (Lipinski definition) is 1. The number of amides is 2. The van der Waals surface area contributed by atoms with Gasteiger partial charge in [0.1, 0.15) is 0 Å². The monoisotopic (exact) mass is 406 g/mol. The quantitative estimate of drug-likeness (QED) is 0.388. The van der Waals surface area contributed by atoms with E-state index in [1.807, 2.05) is 36.5 Å². The third kappa shape index (κ3) is 5.70. The normalized spacial score (nSPS) is 10.6. The van der Waals surface area contributed by atoms with Gasteiger partial charge in [0.15, 0.2) is 0 Å². The van der Waals surface area contributed by atoms with Crippen LogP contribution in [0, 0.1) is 10.1 Å². The Bertz CT molecular complexity index is 968. The molecule has 156 valence electrons. The number of carbonyl (C=O) groups excluding carboxylic acids is 1. The van der Waals surface area contributed by atoms with Gasteiger partial charge in [-0.25, -0.2) is 4.79 Å². The van der Waals surface area contributed by atoms with Gasteiger partial charge in [-0.3, -0.25) is 10.1 Å². The molecular formula is C23H26N4O3. The van der Waals surface area contributed by atoms with Crippen molar-refractivity contribution < 1.29 is 9.72 Å². The van der Waals surface area contributed by atoms with Crippen molar-refractivity contribution in [1.82, 2.24) is 9.47 Å². The van der Waals surface area contributed by atoms with Crippen LogP contribution in [0.1, 0.15) is 31.0 Å². The lowest BCUT2D eigenvalue weighted by Crippen LogP contribution is -2.36. The molecule has 3 aromatic rings. The van der Waals surface area contributed by atoms with Gasteiger partial charge in [-0.2, -0.15) is 0 Å². The number of benzene rings is 2. The van der Waals surface area contributed by atoms with E-state index in [1.54, 1.807) is 17.0 Å². The van der Waals surface area contributed by atoms with E-state index in [2.05, 4.69) is 28.9 Å². The second-order valence-corrected chi connectivity index (χ2v) is 7.12. The van der Waals surface area contributed by atoms with Crippen LogP contribution in [-0.4, -0.2) is 27.0 Å². The van der Waals surface area contributed by atoms with Crippen molar-refractivity contribution >= 4 is 17.4 Å². The summed E-state index contributed by atoms with van der Waals surface area (Å²) in [7, 11) is 0. The number of aromatic nitrogens is 1. The van der Waals surface area contributed by atoms with Crippen LogP contribution >= 0.6 is 0 Å². The lowest BCUT2D eigenvalue weighted by molar-refractivity contribution is -0.384. The summed E-state index contributed by atoms with van der Waals surface area (Å²) in [4.78, 5) is 25.0. The molecule has 1 N–H and O–H groups in total. The molecule has 2 aromatic carbocycles. The predicted octanol–water partition coefficient (Wildman–Crippen LogP) is 5.28. The second-order valence-electron chi connectivity index (χ2n) is 7.12. The first kappa shape index (κ1) is 21.1. The molecule has 7 heteroatoms. The number of rotatable bonds is 9. The highest BCUT2D eigenvalue weighted by molar-refractivity contribution is 5.89. The maximum Gasteiger partial charge on any atom is 0.322 e. The Kier molecular flexibility index (Phi) is 7.21. The highest BCUT2D eigenvalue weighted by Gasteiger charge is 2.16. The number of carbonyl (C=O) groups is 1. The van der Waals surface area contributed by atoms with Gasteiger partial charge in [-0.15, -0.1) is 0 Å². The summed E-state index contributed by atoms with van der Waals surface area (Å²) in [5.74, 6) is 0. The topological polar surface area (TPSA) is 80.4 Å².